The van der Waals surface area contributed by atoms with Crippen LogP contribution in [0.4, 0.5) is 0 Å². The Labute approximate surface area is 202 Å². The number of aliphatic hydroxyl groups is 1. The minimum Gasteiger partial charge on any atom is -0.479 e. The van der Waals surface area contributed by atoms with Crippen LogP contribution >= 0.6 is 11.6 Å². The fourth-order valence-electron chi connectivity index (χ4n) is 5.20. The van der Waals surface area contributed by atoms with E-state index in [0.717, 1.165) is 33.3 Å². The number of hydrogen-bond acceptors (Lipinski definition) is 4. The summed E-state index contributed by atoms with van der Waals surface area (Å²) in [5.41, 5.74) is 3.54. The van der Waals surface area contributed by atoms with Gasteiger partial charge in [-0.3, -0.25) is 4.79 Å². The first-order chi connectivity index (χ1) is 16.5. The Morgan fingerprint density at radius 3 is 2.71 bits per heavy atom. The Morgan fingerprint density at radius 1 is 1.12 bits per heavy atom. The molecule has 172 valence electrons. The molecule has 0 spiro atoms. The Bertz CT molecular complexity index is 1380. The fourth-order valence-corrected chi connectivity index (χ4v) is 5.44. The van der Waals surface area contributed by atoms with E-state index in [1.807, 2.05) is 65.7 Å². The topological polar surface area (TPSA) is 78.5 Å². The molecular formula is C27H24ClN3O3. The molecule has 0 bridgehead atoms. The predicted octanol–water partition coefficient (Wildman–Crippen LogP) is 4.70. The Kier molecular flexibility index (Phi) is 5.08. The van der Waals surface area contributed by atoms with Crippen LogP contribution in [0.1, 0.15) is 24.0 Å². The van der Waals surface area contributed by atoms with E-state index >= 15 is 0 Å². The van der Waals surface area contributed by atoms with Crippen molar-refractivity contribution in [3.63, 3.8) is 0 Å². The highest BCUT2D eigenvalue weighted by Gasteiger charge is 2.39. The molecule has 2 aromatic heterocycles. The summed E-state index contributed by atoms with van der Waals surface area (Å²) in [4.78, 5) is 22.7. The Morgan fingerprint density at radius 2 is 1.91 bits per heavy atom. The van der Waals surface area contributed by atoms with Crippen molar-refractivity contribution in [3.05, 3.63) is 83.1 Å². The van der Waals surface area contributed by atoms with Crippen LogP contribution in [0.5, 0.6) is 5.75 Å². The van der Waals surface area contributed by atoms with Gasteiger partial charge in [0.15, 0.2) is 6.10 Å². The lowest BCUT2D eigenvalue weighted by molar-refractivity contribution is -0.142. The van der Waals surface area contributed by atoms with Gasteiger partial charge in [0.25, 0.3) is 5.91 Å². The number of aromatic nitrogens is 2. The van der Waals surface area contributed by atoms with Crippen LogP contribution in [0.15, 0.2) is 67.0 Å². The lowest BCUT2D eigenvalue weighted by atomic mass is 9.84. The summed E-state index contributed by atoms with van der Waals surface area (Å²) in [7, 11) is 0. The molecule has 0 unspecified atom stereocenters. The summed E-state index contributed by atoms with van der Waals surface area (Å²) in [6.45, 7) is 0.977. The third-order valence-corrected chi connectivity index (χ3v) is 7.25. The largest absolute Gasteiger partial charge is 0.479 e. The number of hydrogen-bond donors (Lipinski definition) is 2. The first-order valence-corrected chi connectivity index (χ1v) is 11.9. The first kappa shape index (κ1) is 21.2. The number of fused-ring (bicyclic) bond motifs is 2. The average molecular weight is 474 g/mol. The number of aromatic amines is 1. The number of H-pyrrole nitrogens is 1. The summed E-state index contributed by atoms with van der Waals surface area (Å²) in [6, 6.07) is 17.4. The number of nitrogens with one attached hydrogen (secondary N) is 1. The summed E-state index contributed by atoms with van der Waals surface area (Å²) in [5, 5.41) is 12.7. The van der Waals surface area contributed by atoms with Crippen molar-refractivity contribution in [1.29, 1.82) is 0 Å². The van der Waals surface area contributed by atoms with E-state index in [2.05, 4.69) is 9.97 Å². The molecule has 0 radical (unpaired) electrons. The van der Waals surface area contributed by atoms with Gasteiger partial charge in [0.2, 0.25) is 0 Å². The van der Waals surface area contributed by atoms with Gasteiger partial charge in [0.1, 0.15) is 11.4 Å². The minimum absolute atomic E-state index is 0.0464. The van der Waals surface area contributed by atoms with Crippen molar-refractivity contribution in [1.82, 2.24) is 14.9 Å². The maximum atomic E-state index is 13.4. The number of pyridine rings is 1. The lowest BCUT2D eigenvalue weighted by Gasteiger charge is -2.39. The molecule has 6 rings (SSSR count). The van der Waals surface area contributed by atoms with Crippen LogP contribution in [0.2, 0.25) is 5.02 Å². The van der Waals surface area contributed by atoms with Crippen LogP contribution in [-0.4, -0.2) is 45.1 Å². The van der Waals surface area contributed by atoms with Crippen molar-refractivity contribution in [3.8, 4) is 16.9 Å². The average Bonchev–Trinajstić information content (AvgIpc) is 3.51. The molecule has 1 saturated heterocycles. The van der Waals surface area contributed by atoms with Crippen molar-refractivity contribution in [2.75, 3.05) is 13.1 Å². The number of ether oxygens (including phenoxy) is 1. The number of carbonyl (C=O) groups is 1. The van der Waals surface area contributed by atoms with Crippen molar-refractivity contribution in [2.45, 2.75) is 31.0 Å². The second-order valence-electron chi connectivity index (χ2n) is 9.07. The monoisotopic (exact) mass is 473 g/mol. The van der Waals surface area contributed by atoms with Crippen LogP contribution in [0.3, 0.4) is 0 Å². The fraction of sp³-hybridized carbons (Fsp3) is 0.259. The predicted molar refractivity (Wildman–Crippen MR) is 131 cm³/mol. The number of halogens is 1. The van der Waals surface area contributed by atoms with Gasteiger partial charge in [0.05, 0.1) is 5.60 Å². The van der Waals surface area contributed by atoms with E-state index in [1.54, 1.807) is 6.20 Å². The van der Waals surface area contributed by atoms with E-state index in [0.29, 0.717) is 43.1 Å². The maximum Gasteiger partial charge on any atom is 0.263 e. The molecule has 2 aliphatic heterocycles. The van der Waals surface area contributed by atoms with E-state index in [1.165, 1.54) is 0 Å². The van der Waals surface area contributed by atoms with E-state index in [-0.39, 0.29) is 5.91 Å². The maximum absolute atomic E-state index is 13.4. The third-order valence-electron chi connectivity index (χ3n) is 7.04. The van der Waals surface area contributed by atoms with Crippen molar-refractivity contribution < 1.29 is 14.6 Å². The smallest absolute Gasteiger partial charge is 0.263 e. The molecule has 0 saturated carbocycles. The van der Waals surface area contributed by atoms with Gasteiger partial charge >= 0.3 is 0 Å². The molecule has 1 amide bonds. The van der Waals surface area contributed by atoms with Gasteiger partial charge in [-0.2, -0.15) is 0 Å². The molecule has 4 heterocycles. The number of likely N-dealkylation sites (tertiary alicyclic amines) is 1. The second-order valence-corrected chi connectivity index (χ2v) is 9.51. The molecule has 2 N–H and O–H groups in total. The van der Waals surface area contributed by atoms with E-state index in [9.17, 15) is 9.90 Å². The molecule has 1 atom stereocenters. The van der Waals surface area contributed by atoms with E-state index < -0.39 is 11.7 Å². The number of carbonyl (C=O) groups excluding carboxylic acids is 1. The van der Waals surface area contributed by atoms with Crippen molar-refractivity contribution >= 4 is 28.5 Å². The van der Waals surface area contributed by atoms with Crippen LogP contribution < -0.4 is 4.74 Å². The van der Waals surface area contributed by atoms with Crippen LogP contribution in [-0.2, 0) is 16.8 Å². The number of rotatable bonds is 3. The molecular weight excluding hydrogens is 450 g/mol. The van der Waals surface area contributed by atoms with Gasteiger partial charge < -0.3 is 19.7 Å². The van der Waals surface area contributed by atoms with Crippen LogP contribution in [0, 0.1) is 0 Å². The molecule has 4 aromatic rings. The molecule has 2 aromatic carbocycles. The third kappa shape index (κ3) is 3.54. The second kappa shape index (κ2) is 8.15. The summed E-state index contributed by atoms with van der Waals surface area (Å²) < 4.78 is 6.28. The van der Waals surface area contributed by atoms with Crippen LogP contribution in [0.25, 0.3) is 22.2 Å². The molecule has 34 heavy (non-hydrogen) atoms. The molecule has 2 aliphatic rings. The SMILES string of the molecule is O=C([C@@H]1Cc2cc(Cl)cc(-c3ccnc4[nH]ccc34)c2O1)N1CCC(O)(c2ccccc2)CC1. The summed E-state index contributed by atoms with van der Waals surface area (Å²) in [5.74, 6) is 0.657. The number of piperidine rings is 1. The number of amides is 1. The Balaban J connectivity index is 1.23. The number of benzene rings is 2. The highest BCUT2D eigenvalue weighted by Crippen LogP contribution is 2.43. The summed E-state index contributed by atoms with van der Waals surface area (Å²) in [6.07, 6.45) is 4.48. The minimum atomic E-state index is -0.901. The normalized spacial score (nSPS) is 19.1. The van der Waals surface area contributed by atoms with Crippen molar-refractivity contribution in [2.24, 2.45) is 0 Å². The number of nitrogens with zero attached hydrogens (tertiary/aromatic N) is 2. The zero-order chi connectivity index (χ0) is 23.3. The van der Waals surface area contributed by atoms with Gasteiger partial charge in [-0.1, -0.05) is 41.9 Å². The molecule has 7 heteroatoms. The standard InChI is InChI=1S/C27H24ClN3O3/c28-19-14-17-15-23(26(32)31-12-8-27(33,9-13-31)18-4-2-1-3-5-18)34-24(17)22(16-19)20-6-10-29-25-21(20)7-11-30-25/h1-7,10-11,14,16,23,33H,8-9,12-13,15H2,(H,29,30)/t23-/m0/s1. The van der Waals surface area contributed by atoms with Gasteiger partial charge in [-0.25, -0.2) is 4.98 Å². The lowest BCUT2D eigenvalue weighted by Crippen LogP contribution is -2.49. The van der Waals surface area contributed by atoms with Gasteiger partial charge in [-0.15, -0.1) is 0 Å². The van der Waals surface area contributed by atoms with Gasteiger partial charge in [-0.05, 0) is 48.2 Å². The summed E-state index contributed by atoms with van der Waals surface area (Å²) >= 11 is 6.47. The van der Waals surface area contributed by atoms with E-state index in [4.69, 9.17) is 16.3 Å². The molecule has 1 fully saturated rings. The molecule has 6 nitrogen and oxygen atoms in total. The van der Waals surface area contributed by atoms with Gasteiger partial charge in [0, 0.05) is 53.4 Å². The zero-order valence-corrected chi connectivity index (χ0v) is 19.3. The quantitative estimate of drug-likeness (QED) is 0.452. The Hall–Kier alpha value is -3.35. The zero-order valence-electron chi connectivity index (χ0n) is 18.5. The highest BCUT2D eigenvalue weighted by atomic mass is 35.5. The molecule has 0 aliphatic carbocycles. The highest BCUT2D eigenvalue weighted by molar-refractivity contribution is 6.31. The first-order valence-electron chi connectivity index (χ1n) is 11.5.